The molecule has 0 saturated heterocycles. The van der Waals surface area contributed by atoms with E-state index in [1.807, 2.05) is 18.2 Å². The van der Waals surface area contributed by atoms with Crippen molar-refractivity contribution in [3.63, 3.8) is 0 Å². The van der Waals surface area contributed by atoms with E-state index >= 15 is 0 Å². The van der Waals surface area contributed by atoms with Crippen LogP contribution in [0.3, 0.4) is 0 Å². The summed E-state index contributed by atoms with van der Waals surface area (Å²) in [7, 11) is 0. The van der Waals surface area contributed by atoms with E-state index in [0.29, 0.717) is 0 Å². The number of aliphatic hydroxyl groups is 1. The molecule has 0 spiro atoms. The van der Waals surface area contributed by atoms with Gasteiger partial charge in [0.15, 0.2) is 0 Å². The monoisotopic (exact) mass is 304 g/mol. The molecule has 1 aromatic carbocycles. The summed E-state index contributed by atoms with van der Waals surface area (Å²) in [6, 6.07) is 10.2. The van der Waals surface area contributed by atoms with Gasteiger partial charge >= 0.3 is 0 Å². The maximum absolute atomic E-state index is 9.57. The van der Waals surface area contributed by atoms with E-state index in [9.17, 15) is 5.11 Å². The fourth-order valence-corrected chi connectivity index (χ4v) is 3.12. The number of rotatable bonds is 8. The van der Waals surface area contributed by atoms with Crippen LogP contribution in [0.1, 0.15) is 31.7 Å². The Morgan fingerprint density at radius 2 is 1.90 bits per heavy atom. The minimum Gasteiger partial charge on any atom is -0.396 e. The van der Waals surface area contributed by atoms with Crippen LogP contribution in [0.5, 0.6) is 0 Å². The largest absolute Gasteiger partial charge is 0.396 e. The first kappa shape index (κ1) is 16.1. The summed E-state index contributed by atoms with van der Waals surface area (Å²) in [5.74, 6) is 0. The zero-order valence-corrected chi connectivity index (χ0v) is 13.6. The Kier molecular flexibility index (Phi) is 5.91. The topological polar surface area (TPSA) is 45.1 Å². The molecule has 0 aliphatic carbocycles. The van der Waals surface area contributed by atoms with Crippen LogP contribution in [0.4, 0.5) is 0 Å². The normalized spacial score (nSPS) is 11.8. The number of aromatic nitrogens is 1. The van der Waals surface area contributed by atoms with Crippen LogP contribution in [-0.2, 0) is 6.54 Å². The first-order valence-corrected chi connectivity index (χ1v) is 8.42. The summed E-state index contributed by atoms with van der Waals surface area (Å²) in [6.45, 7) is 6.10. The Bertz CT molecular complexity index is 526. The maximum atomic E-state index is 9.57. The number of nitrogens with one attached hydrogen (secondary N) is 1. The summed E-state index contributed by atoms with van der Waals surface area (Å²) in [5.41, 5.74) is 2.20. The van der Waals surface area contributed by atoms with Gasteiger partial charge in [0.2, 0.25) is 0 Å². The van der Waals surface area contributed by atoms with Crippen LogP contribution in [0.25, 0.3) is 11.3 Å². The van der Waals surface area contributed by atoms with Crippen LogP contribution in [0, 0.1) is 5.41 Å². The Balaban J connectivity index is 1.92. The summed E-state index contributed by atoms with van der Waals surface area (Å²) < 4.78 is 0. The van der Waals surface area contributed by atoms with E-state index in [-0.39, 0.29) is 12.0 Å². The van der Waals surface area contributed by atoms with Crippen molar-refractivity contribution in [2.45, 2.75) is 33.2 Å². The highest BCUT2D eigenvalue weighted by atomic mass is 32.1. The van der Waals surface area contributed by atoms with Gasteiger partial charge in [-0.05, 0) is 12.8 Å². The molecule has 1 heterocycles. The first-order chi connectivity index (χ1) is 10.2. The quantitative estimate of drug-likeness (QED) is 0.781. The van der Waals surface area contributed by atoms with E-state index in [1.54, 1.807) is 11.3 Å². The molecule has 21 heavy (non-hydrogen) atoms. The molecule has 114 valence electrons. The molecular weight excluding hydrogens is 280 g/mol. The van der Waals surface area contributed by atoms with Crippen LogP contribution in [0.2, 0.25) is 0 Å². The van der Waals surface area contributed by atoms with Gasteiger partial charge in [-0.1, -0.05) is 44.2 Å². The van der Waals surface area contributed by atoms with Gasteiger partial charge in [-0.25, -0.2) is 4.98 Å². The Morgan fingerprint density at radius 3 is 2.52 bits per heavy atom. The predicted octanol–water partition coefficient (Wildman–Crippen LogP) is 3.70. The maximum Gasteiger partial charge on any atom is 0.107 e. The molecule has 0 unspecified atom stereocenters. The van der Waals surface area contributed by atoms with Gasteiger partial charge in [-0.15, -0.1) is 11.3 Å². The second-order valence-corrected chi connectivity index (χ2v) is 6.40. The number of hydrogen-bond acceptors (Lipinski definition) is 4. The van der Waals surface area contributed by atoms with Crippen molar-refractivity contribution in [3.8, 4) is 11.3 Å². The van der Waals surface area contributed by atoms with Gasteiger partial charge in [0, 0.05) is 36.1 Å². The minimum atomic E-state index is -0.000477. The zero-order chi connectivity index (χ0) is 15.1. The fourth-order valence-electron chi connectivity index (χ4n) is 2.35. The third-order valence-electron chi connectivity index (χ3n) is 4.23. The molecule has 0 atom stereocenters. The Hall–Kier alpha value is -1.23. The predicted molar refractivity (Wildman–Crippen MR) is 89.4 cm³/mol. The van der Waals surface area contributed by atoms with Gasteiger partial charge < -0.3 is 10.4 Å². The molecule has 1 aromatic heterocycles. The second-order valence-electron chi connectivity index (χ2n) is 5.46. The average Bonchev–Trinajstić information content (AvgIpc) is 3.02. The van der Waals surface area contributed by atoms with E-state index in [4.69, 9.17) is 0 Å². The lowest BCUT2D eigenvalue weighted by Crippen LogP contribution is -2.36. The van der Waals surface area contributed by atoms with Crippen molar-refractivity contribution in [2.24, 2.45) is 5.41 Å². The van der Waals surface area contributed by atoms with Gasteiger partial charge in [0.25, 0.3) is 0 Å². The number of benzene rings is 1. The number of hydrogen-bond donors (Lipinski definition) is 2. The van der Waals surface area contributed by atoms with Crippen molar-refractivity contribution in [2.75, 3.05) is 13.2 Å². The van der Waals surface area contributed by atoms with Crippen molar-refractivity contribution >= 4 is 11.3 Å². The zero-order valence-electron chi connectivity index (χ0n) is 12.8. The molecule has 0 fully saturated rings. The molecule has 0 amide bonds. The van der Waals surface area contributed by atoms with Crippen LogP contribution >= 0.6 is 11.3 Å². The molecule has 0 saturated carbocycles. The van der Waals surface area contributed by atoms with Crippen LogP contribution < -0.4 is 5.32 Å². The summed E-state index contributed by atoms with van der Waals surface area (Å²) in [4.78, 5) is 4.67. The molecule has 0 radical (unpaired) electrons. The molecule has 0 bridgehead atoms. The summed E-state index contributed by atoms with van der Waals surface area (Å²) in [6.07, 6.45) is 1.97. The molecule has 3 nitrogen and oxygen atoms in total. The molecular formula is C17H24N2OS. The molecule has 2 rings (SSSR count). The second kappa shape index (κ2) is 7.69. The number of thiazole rings is 1. The summed E-state index contributed by atoms with van der Waals surface area (Å²) >= 11 is 1.68. The van der Waals surface area contributed by atoms with E-state index in [0.717, 1.165) is 42.2 Å². The van der Waals surface area contributed by atoms with E-state index in [2.05, 4.69) is 41.7 Å². The highest BCUT2D eigenvalue weighted by molar-refractivity contribution is 7.09. The standard InChI is InChI=1S/C17H24N2OS/c1-3-17(4-2,13-20)12-18-10-16-19-15(11-21-16)14-8-6-5-7-9-14/h5-9,11,18,20H,3-4,10,12-13H2,1-2H3. The van der Waals surface area contributed by atoms with E-state index < -0.39 is 0 Å². The third kappa shape index (κ3) is 4.13. The molecule has 4 heteroatoms. The lowest BCUT2D eigenvalue weighted by molar-refractivity contribution is 0.113. The Labute approximate surface area is 131 Å². The number of nitrogens with zero attached hydrogens (tertiary/aromatic N) is 1. The smallest absolute Gasteiger partial charge is 0.107 e. The third-order valence-corrected chi connectivity index (χ3v) is 5.08. The van der Waals surface area contributed by atoms with Crippen molar-refractivity contribution in [3.05, 3.63) is 40.7 Å². The number of aliphatic hydroxyl groups excluding tert-OH is 1. The molecule has 2 aromatic rings. The van der Waals surface area contributed by atoms with Crippen molar-refractivity contribution in [1.29, 1.82) is 0 Å². The Morgan fingerprint density at radius 1 is 1.19 bits per heavy atom. The van der Waals surface area contributed by atoms with Crippen molar-refractivity contribution < 1.29 is 5.11 Å². The van der Waals surface area contributed by atoms with Gasteiger partial charge in [-0.2, -0.15) is 0 Å². The average molecular weight is 304 g/mol. The lowest BCUT2D eigenvalue weighted by atomic mass is 9.83. The SMILES string of the molecule is CCC(CC)(CO)CNCc1nc(-c2ccccc2)cs1. The highest BCUT2D eigenvalue weighted by Crippen LogP contribution is 2.25. The lowest BCUT2D eigenvalue weighted by Gasteiger charge is -2.29. The molecule has 0 aliphatic heterocycles. The highest BCUT2D eigenvalue weighted by Gasteiger charge is 2.24. The van der Waals surface area contributed by atoms with Gasteiger partial charge in [-0.3, -0.25) is 0 Å². The van der Waals surface area contributed by atoms with Crippen LogP contribution in [0.15, 0.2) is 35.7 Å². The summed E-state index contributed by atoms with van der Waals surface area (Å²) in [5, 5.41) is 16.2. The van der Waals surface area contributed by atoms with Gasteiger partial charge in [0.05, 0.1) is 5.69 Å². The van der Waals surface area contributed by atoms with Gasteiger partial charge in [0.1, 0.15) is 5.01 Å². The fraction of sp³-hybridized carbons (Fsp3) is 0.471. The van der Waals surface area contributed by atoms with Crippen LogP contribution in [-0.4, -0.2) is 23.2 Å². The first-order valence-electron chi connectivity index (χ1n) is 7.54. The minimum absolute atomic E-state index is 0.000477. The van der Waals surface area contributed by atoms with E-state index in [1.165, 1.54) is 0 Å². The van der Waals surface area contributed by atoms with Crippen molar-refractivity contribution in [1.82, 2.24) is 10.3 Å². The molecule has 2 N–H and O–H groups in total. The molecule has 0 aliphatic rings.